The van der Waals surface area contributed by atoms with Crippen molar-refractivity contribution in [1.82, 2.24) is 4.90 Å². The van der Waals surface area contributed by atoms with Crippen molar-refractivity contribution in [3.8, 4) is 17.2 Å². The third-order valence-corrected chi connectivity index (χ3v) is 7.35. The number of methoxy groups -OCH3 is 3. The summed E-state index contributed by atoms with van der Waals surface area (Å²) in [4.78, 5) is 29.2. The van der Waals surface area contributed by atoms with Gasteiger partial charge < -0.3 is 24.3 Å². The summed E-state index contributed by atoms with van der Waals surface area (Å²) >= 11 is 1.43. The fourth-order valence-electron chi connectivity index (χ4n) is 4.46. The summed E-state index contributed by atoms with van der Waals surface area (Å²) in [7, 11) is 4.61. The molecule has 1 N–H and O–H groups in total. The van der Waals surface area contributed by atoms with Gasteiger partial charge in [0, 0.05) is 30.6 Å². The molecule has 0 atom stereocenters. The molecule has 1 amide bonds. The fourth-order valence-corrected chi connectivity index (χ4v) is 5.74. The van der Waals surface area contributed by atoms with Gasteiger partial charge in [0.1, 0.15) is 5.00 Å². The first kappa shape index (κ1) is 27.2. The zero-order valence-corrected chi connectivity index (χ0v) is 22.9. The zero-order valence-electron chi connectivity index (χ0n) is 22.0. The second kappa shape index (κ2) is 12.6. The van der Waals surface area contributed by atoms with Crippen LogP contribution >= 0.6 is 11.3 Å². The van der Waals surface area contributed by atoms with Crippen LogP contribution in [-0.4, -0.2) is 51.3 Å². The van der Waals surface area contributed by atoms with Gasteiger partial charge in [-0.05, 0) is 48.2 Å². The van der Waals surface area contributed by atoms with Crippen LogP contribution in [0.2, 0.25) is 0 Å². The monoisotopic (exact) mass is 536 g/mol. The predicted molar refractivity (Wildman–Crippen MR) is 148 cm³/mol. The third-order valence-electron chi connectivity index (χ3n) is 6.22. The highest BCUT2D eigenvalue weighted by Crippen LogP contribution is 2.39. The third kappa shape index (κ3) is 6.17. The van der Waals surface area contributed by atoms with Gasteiger partial charge in [-0.1, -0.05) is 30.3 Å². The molecule has 2 heterocycles. The number of hydrogen-bond donors (Lipinski definition) is 1. The number of fused-ring (bicyclic) bond motifs is 1. The van der Waals surface area contributed by atoms with E-state index in [1.807, 2.05) is 18.2 Å². The van der Waals surface area contributed by atoms with Gasteiger partial charge in [-0.25, -0.2) is 4.79 Å². The van der Waals surface area contributed by atoms with Crippen LogP contribution in [0.4, 0.5) is 5.00 Å². The summed E-state index contributed by atoms with van der Waals surface area (Å²) < 4.78 is 21.5. The van der Waals surface area contributed by atoms with Crippen molar-refractivity contribution in [3.05, 3.63) is 75.7 Å². The molecular weight excluding hydrogens is 504 g/mol. The number of amides is 1. The lowest BCUT2D eigenvalue weighted by Crippen LogP contribution is -2.29. The molecule has 1 aliphatic heterocycles. The normalized spacial score (nSPS) is 13.2. The number of carbonyl (C=O) groups is 2. The Morgan fingerprint density at radius 1 is 1.05 bits per heavy atom. The highest BCUT2D eigenvalue weighted by Gasteiger charge is 2.29. The Balaban J connectivity index is 1.55. The van der Waals surface area contributed by atoms with Crippen molar-refractivity contribution in [2.24, 2.45) is 0 Å². The van der Waals surface area contributed by atoms with E-state index in [2.05, 4.69) is 22.3 Å². The number of rotatable bonds is 10. The Morgan fingerprint density at radius 2 is 1.76 bits per heavy atom. The lowest BCUT2D eigenvalue weighted by Gasteiger charge is -2.27. The Kier molecular flexibility index (Phi) is 9.04. The van der Waals surface area contributed by atoms with E-state index in [1.165, 1.54) is 44.3 Å². The Bertz CT molecular complexity index is 1290. The van der Waals surface area contributed by atoms with Gasteiger partial charge in [0.05, 0.1) is 33.5 Å². The van der Waals surface area contributed by atoms with Crippen LogP contribution in [0.25, 0.3) is 6.08 Å². The number of carbonyl (C=O) groups excluding carboxylic acids is 2. The first-order valence-electron chi connectivity index (χ1n) is 12.3. The van der Waals surface area contributed by atoms with Crippen LogP contribution in [0.1, 0.15) is 38.8 Å². The average molecular weight is 537 g/mol. The molecule has 9 heteroatoms. The van der Waals surface area contributed by atoms with E-state index in [0.29, 0.717) is 46.3 Å². The lowest BCUT2D eigenvalue weighted by atomic mass is 10.0. The maximum Gasteiger partial charge on any atom is 0.341 e. The van der Waals surface area contributed by atoms with Crippen molar-refractivity contribution < 1.29 is 28.5 Å². The smallest absolute Gasteiger partial charge is 0.341 e. The molecule has 200 valence electrons. The van der Waals surface area contributed by atoms with E-state index in [1.54, 1.807) is 25.1 Å². The maximum absolute atomic E-state index is 12.9. The van der Waals surface area contributed by atoms with Gasteiger partial charge in [-0.3, -0.25) is 9.69 Å². The van der Waals surface area contributed by atoms with E-state index in [4.69, 9.17) is 18.9 Å². The molecule has 1 aliphatic rings. The maximum atomic E-state index is 12.9. The number of esters is 1. The van der Waals surface area contributed by atoms with Gasteiger partial charge in [-0.2, -0.15) is 0 Å². The van der Waals surface area contributed by atoms with Crippen LogP contribution in [0.3, 0.4) is 0 Å². The molecule has 1 aromatic heterocycles. The van der Waals surface area contributed by atoms with Crippen LogP contribution in [0.5, 0.6) is 17.2 Å². The fraction of sp³-hybridized carbons (Fsp3) is 0.310. The summed E-state index contributed by atoms with van der Waals surface area (Å²) in [6.45, 7) is 4.39. The number of benzene rings is 2. The summed E-state index contributed by atoms with van der Waals surface area (Å²) in [5, 5.41) is 3.42. The first-order chi connectivity index (χ1) is 18.5. The topological polar surface area (TPSA) is 86.3 Å². The number of hydrogen-bond acceptors (Lipinski definition) is 8. The Hall–Kier alpha value is -3.82. The molecule has 38 heavy (non-hydrogen) atoms. The molecule has 8 nitrogen and oxygen atoms in total. The molecule has 0 saturated heterocycles. The molecule has 2 aromatic carbocycles. The predicted octanol–water partition coefficient (Wildman–Crippen LogP) is 5.16. The molecule has 0 saturated carbocycles. The first-order valence-corrected chi connectivity index (χ1v) is 13.2. The number of anilines is 1. The van der Waals surface area contributed by atoms with Gasteiger partial charge >= 0.3 is 5.97 Å². The molecule has 3 aromatic rings. The number of nitrogens with one attached hydrogen (secondary N) is 1. The minimum atomic E-state index is -0.412. The van der Waals surface area contributed by atoms with Gasteiger partial charge in [-0.15, -0.1) is 11.3 Å². The highest BCUT2D eigenvalue weighted by molar-refractivity contribution is 7.17. The summed E-state index contributed by atoms with van der Waals surface area (Å²) in [5.74, 6) is 0.681. The van der Waals surface area contributed by atoms with Crippen LogP contribution in [0, 0.1) is 0 Å². The quantitative estimate of drug-likeness (QED) is 0.283. The summed E-state index contributed by atoms with van der Waals surface area (Å²) in [6.07, 6.45) is 3.78. The van der Waals surface area contributed by atoms with E-state index in [9.17, 15) is 9.59 Å². The van der Waals surface area contributed by atoms with E-state index in [-0.39, 0.29) is 12.5 Å². The molecular formula is C29H32N2O6S. The largest absolute Gasteiger partial charge is 0.493 e. The second-order valence-electron chi connectivity index (χ2n) is 8.66. The van der Waals surface area contributed by atoms with E-state index in [0.717, 1.165) is 23.5 Å². The average Bonchev–Trinajstić information content (AvgIpc) is 3.28. The zero-order chi connectivity index (χ0) is 27.1. The van der Waals surface area contributed by atoms with Gasteiger partial charge in [0.2, 0.25) is 11.7 Å². The number of thiophene rings is 1. The van der Waals surface area contributed by atoms with Crippen LogP contribution in [0.15, 0.2) is 48.5 Å². The summed E-state index contributed by atoms with van der Waals surface area (Å²) in [6, 6.07) is 13.8. The van der Waals surface area contributed by atoms with Crippen LogP contribution < -0.4 is 19.5 Å². The number of ether oxygens (including phenoxy) is 4. The number of nitrogens with zero attached hydrogens (tertiary/aromatic N) is 1. The minimum Gasteiger partial charge on any atom is -0.493 e. The van der Waals surface area contributed by atoms with Gasteiger partial charge in [0.15, 0.2) is 11.5 Å². The minimum absolute atomic E-state index is 0.262. The molecule has 0 spiro atoms. The van der Waals surface area contributed by atoms with Gasteiger partial charge in [0.25, 0.3) is 0 Å². The standard InChI is InChI=1S/C29H32N2O6S/c1-5-37-29(33)26-21-13-14-31(17-19-9-7-6-8-10-19)18-24(21)38-28(26)30-25(32)12-11-20-15-22(34-2)27(36-4)23(16-20)35-3/h6-12,15-16H,5,13-14,17-18H2,1-4H3,(H,30,32)/b12-11+. The Morgan fingerprint density at radius 3 is 2.39 bits per heavy atom. The second-order valence-corrected chi connectivity index (χ2v) is 9.76. The highest BCUT2D eigenvalue weighted by atomic mass is 32.1. The molecule has 0 fully saturated rings. The Labute approximate surface area is 226 Å². The summed E-state index contributed by atoms with van der Waals surface area (Å²) in [5.41, 5.74) is 3.35. The molecule has 0 bridgehead atoms. The van der Waals surface area contributed by atoms with E-state index < -0.39 is 5.97 Å². The van der Waals surface area contributed by atoms with Crippen molar-refractivity contribution in [3.63, 3.8) is 0 Å². The SMILES string of the molecule is CCOC(=O)c1c(NC(=O)/C=C/c2cc(OC)c(OC)c(OC)c2)sc2c1CCN(Cc1ccccc1)C2. The van der Waals surface area contributed by atoms with E-state index >= 15 is 0 Å². The molecule has 0 aliphatic carbocycles. The van der Waals surface area contributed by atoms with Crippen molar-refractivity contribution in [2.75, 3.05) is 39.8 Å². The lowest BCUT2D eigenvalue weighted by molar-refractivity contribution is -0.111. The molecule has 0 unspecified atom stereocenters. The van der Waals surface area contributed by atoms with Crippen LogP contribution in [-0.2, 0) is 29.0 Å². The van der Waals surface area contributed by atoms with Crippen molar-refractivity contribution in [1.29, 1.82) is 0 Å². The van der Waals surface area contributed by atoms with Crippen molar-refractivity contribution in [2.45, 2.75) is 26.4 Å². The molecule has 4 rings (SSSR count). The van der Waals surface area contributed by atoms with Crippen molar-refractivity contribution >= 4 is 34.3 Å². The molecule has 0 radical (unpaired) electrons.